The molecule has 0 radical (unpaired) electrons. The van der Waals surface area contributed by atoms with E-state index in [1.165, 1.54) is 135 Å². The van der Waals surface area contributed by atoms with Gasteiger partial charge < -0.3 is 15.1 Å². The molecule has 9 rings (SSSR count). The Morgan fingerprint density at radius 3 is 1.51 bits per heavy atom. The Morgan fingerprint density at radius 1 is 0.412 bits per heavy atom. The summed E-state index contributed by atoms with van der Waals surface area (Å²) in [5.74, 6) is 0. The number of aliphatic hydroxyl groups excluding tert-OH is 2. The van der Waals surface area contributed by atoms with Gasteiger partial charge in [0.25, 0.3) is 0 Å². The number of fused-ring (bicyclic) bond motifs is 10. The van der Waals surface area contributed by atoms with Gasteiger partial charge in [-0.15, -0.1) is 0 Å². The Labute approximate surface area is 304 Å². The van der Waals surface area contributed by atoms with E-state index in [1.54, 1.807) is 0 Å². The van der Waals surface area contributed by atoms with Crippen LogP contribution in [0.5, 0.6) is 0 Å². The molecule has 5 aromatic carbocycles. The molecule has 4 aliphatic heterocycles. The van der Waals surface area contributed by atoms with Gasteiger partial charge >= 0.3 is 0 Å². The molecular weight excluding hydrogens is 620 g/mol. The third-order valence-corrected chi connectivity index (χ3v) is 12.3. The maximum atomic E-state index is 9.20. The number of unbranched alkanes of at least 4 members (excludes halogenated alkanes) is 10. The first-order valence-corrected chi connectivity index (χ1v) is 20.0. The van der Waals surface area contributed by atoms with Gasteiger partial charge in [-0.3, -0.25) is 0 Å². The van der Waals surface area contributed by atoms with Crippen molar-refractivity contribution in [2.75, 3.05) is 18.1 Å². The molecule has 5 heteroatoms. The van der Waals surface area contributed by atoms with Crippen LogP contribution in [0.1, 0.15) is 88.2 Å². The molecule has 0 spiro atoms. The quantitative estimate of drug-likeness (QED) is 0.0910. The SMILES string of the molecule is OCCCCCCCCc1cc2c3c(c1)B1c4ccccc4-c4cc(CCCCCCCCO)cc(c41)N3c1cccc3c1B2c1ccccc1-3. The van der Waals surface area contributed by atoms with Gasteiger partial charge in [0.15, 0.2) is 0 Å². The second-order valence-electron chi connectivity index (χ2n) is 15.5. The van der Waals surface area contributed by atoms with Crippen LogP contribution in [-0.2, 0) is 12.8 Å². The summed E-state index contributed by atoms with van der Waals surface area (Å²) in [4.78, 5) is 2.69. The number of nitrogens with zero attached hydrogens (tertiary/aromatic N) is 1. The number of hydrogen-bond donors (Lipinski definition) is 2. The lowest BCUT2D eigenvalue weighted by atomic mass is 9.32. The number of benzene rings is 5. The Hall–Kier alpha value is -4.05. The van der Waals surface area contributed by atoms with Gasteiger partial charge in [0.05, 0.1) is 0 Å². The summed E-state index contributed by atoms with van der Waals surface area (Å²) >= 11 is 0. The lowest BCUT2D eigenvalue weighted by Gasteiger charge is -2.43. The van der Waals surface area contributed by atoms with Gasteiger partial charge in [-0.1, -0.05) is 141 Å². The first-order chi connectivity index (χ1) is 25.3. The molecule has 0 saturated heterocycles. The number of aryl methyl sites for hydroxylation is 2. The largest absolute Gasteiger partial charge is 0.396 e. The van der Waals surface area contributed by atoms with Crippen LogP contribution in [-0.4, -0.2) is 36.9 Å². The van der Waals surface area contributed by atoms with Crippen molar-refractivity contribution >= 4 is 63.3 Å². The van der Waals surface area contributed by atoms with E-state index in [2.05, 4.69) is 95.9 Å². The topological polar surface area (TPSA) is 43.7 Å². The zero-order valence-electron chi connectivity index (χ0n) is 30.0. The summed E-state index contributed by atoms with van der Waals surface area (Å²) in [5.41, 5.74) is 21.6. The Bertz CT molecular complexity index is 2070. The molecule has 0 aromatic heterocycles. The highest BCUT2D eigenvalue weighted by molar-refractivity contribution is 7.05. The van der Waals surface area contributed by atoms with Crippen molar-refractivity contribution < 1.29 is 10.2 Å². The van der Waals surface area contributed by atoms with Crippen molar-refractivity contribution in [1.82, 2.24) is 0 Å². The van der Waals surface area contributed by atoms with Crippen LogP contribution in [0.4, 0.5) is 17.1 Å². The molecule has 51 heavy (non-hydrogen) atoms. The van der Waals surface area contributed by atoms with E-state index in [9.17, 15) is 10.2 Å². The number of hydrogen-bond acceptors (Lipinski definition) is 3. The summed E-state index contributed by atoms with van der Waals surface area (Å²) in [7, 11) is 0. The van der Waals surface area contributed by atoms with E-state index in [0.717, 1.165) is 38.5 Å². The second kappa shape index (κ2) is 14.2. The second-order valence-corrected chi connectivity index (χ2v) is 15.5. The van der Waals surface area contributed by atoms with Gasteiger partial charge in [-0.05, 0) is 106 Å². The summed E-state index contributed by atoms with van der Waals surface area (Å²) in [5, 5.41) is 18.4. The summed E-state index contributed by atoms with van der Waals surface area (Å²) in [6.45, 7) is 1.12. The van der Waals surface area contributed by atoms with Gasteiger partial charge in [0.2, 0.25) is 13.4 Å². The third-order valence-electron chi connectivity index (χ3n) is 12.3. The molecule has 0 bridgehead atoms. The molecule has 4 heterocycles. The highest BCUT2D eigenvalue weighted by atomic mass is 16.3. The molecule has 0 saturated carbocycles. The molecule has 5 aromatic rings. The highest BCUT2D eigenvalue weighted by Crippen LogP contribution is 2.44. The molecule has 0 aliphatic carbocycles. The zero-order valence-corrected chi connectivity index (χ0v) is 30.0. The first kappa shape index (κ1) is 32.8. The van der Waals surface area contributed by atoms with Crippen molar-refractivity contribution in [2.24, 2.45) is 0 Å². The maximum absolute atomic E-state index is 9.20. The number of aliphatic hydroxyl groups is 2. The van der Waals surface area contributed by atoms with Crippen molar-refractivity contribution in [2.45, 2.75) is 89.9 Å². The van der Waals surface area contributed by atoms with E-state index in [1.807, 2.05) is 0 Å². The van der Waals surface area contributed by atoms with Gasteiger partial charge in [-0.25, -0.2) is 0 Å². The van der Waals surface area contributed by atoms with Gasteiger partial charge in [0, 0.05) is 30.3 Å². The third kappa shape index (κ3) is 5.60. The van der Waals surface area contributed by atoms with E-state index < -0.39 is 0 Å². The molecule has 0 unspecified atom stereocenters. The molecular formula is C46H49B2NO2. The van der Waals surface area contributed by atoms with Crippen LogP contribution in [0.2, 0.25) is 0 Å². The number of anilines is 3. The average Bonchev–Trinajstić information content (AvgIpc) is 3.68. The van der Waals surface area contributed by atoms with Crippen molar-refractivity contribution in [3.63, 3.8) is 0 Å². The van der Waals surface area contributed by atoms with Crippen LogP contribution < -0.4 is 37.7 Å². The molecule has 0 atom stereocenters. The molecule has 2 N–H and O–H groups in total. The predicted molar refractivity (Wildman–Crippen MR) is 218 cm³/mol. The van der Waals surface area contributed by atoms with E-state index >= 15 is 0 Å². The smallest absolute Gasteiger partial charge is 0.248 e. The molecule has 3 nitrogen and oxygen atoms in total. The lowest BCUT2D eigenvalue weighted by molar-refractivity contribution is 0.282. The fraction of sp³-hybridized carbons (Fsp3) is 0.348. The van der Waals surface area contributed by atoms with Crippen molar-refractivity contribution in [1.29, 1.82) is 0 Å². The first-order valence-electron chi connectivity index (χ1n) is 20.0. The molecule has 0 amide bonds. The monoisotopic (exact) mass is 669 g/mol. The minimum Gasteiger partial charge on any atom is -0.396 e. The standard InChI is InChI=1S/C46H49B2NO2/c50-26-15-7-3-1-5-9-18-32-28-37-35-21-12-14-24-39(35)48-41-30-33(19-10-6-2-4-8-16-27-51)29-40-46(41)49(43(31-32)45(37)48)42-25-17-22-36-34-20-11-13-23-38(34)47(40)44(36)42/h11-14,17,20-25,28-31,50-51H,1-10,15-16,18-19,26-27H2. The lowest BCUT2D eigenvalue weighted by Crippen LogP contribution is -2.63. The minimum atomic E-state index is 0.247. The van der Waals surface area contributed by atoms with Crippen molar-refractivity contribution in [3.8, 4) is 22.3 Å². The van der Waals surface area contributed by atoms with Gasteiger partial charge in [0.1, 0.15) is 0 Å². The van der Waals surface area contributed by atoms with Crippen LogP contribution in [0.25, 0.3) is 22.3 Å². The molecule has 4 aliphatic rings. The maximum Gasteiger partial charge on any atom is 0.248 e. The predicted octanol–water partition coefficient (Wildman–Crippen LogP) is 6.53. The van der Waals surface area contributed by atoms with E-state index in [0.29, 0.717) is 13.2 Å². The zero-order chi connectivity index (χ0) is 34.3. The van der Waals surface area contributed by atoms with Crippen LogP contribution in [0, 0.1) is 0 Å². The normalized spacial score (nSPS) is 13.6. The van der Waals surface area contributed by atoms with Crippen LogP contribution >= 0.6 is 0 Å². The summed E-state index contributed by atoms with van der Waals surface area (Å²) in [6.07, 6.45) is 16.1. The van der Waals surface area contributed by atoms with E-state index in [-0.39, 0.29) is 13.4 Å². The fourth-order valence-electron chi connectivity index (χ4n) is 10.0. The Morgan fingerprint density at radius 2 is 0.902 bits per heavy atom. The minimum absolute atomic E-state index is 0.247. The molecule has 0 fully saturated rings. The van der Waals surface area contributed by atoms with Crippen LogP contribution in [0.15, 0.2) is 91.0 Å². The average molecular weight is 670 g/mol. The van der Waals surface area contributed by atoms with E-state index in [4.69, 9.17) is 0 Å². The van der Waals surface area contributed by atoms with Gasteiger partial charge in [-0.2, -0.15) is 0 Å². The number of rotatable bonds is 16. The Balaban J connectivity index is 1.16. The summed E-state index contributed by atoms with van der Waals surface area (Å²) < 4.78 is 0. The summed E-state index contributed by atoms with van der Waals surface area (Å²) in [6, 6.07) is 35.7. The molecule has 256 valence electrons. The van der Waals surface area contributed by atoms with Crippen molar-refractivity contribution in [3.05, 3.63) is 102 Å². The highest BCUT2D eigenvalue weighted by Gasteiger charge is 2.49. The Kier molecular flexibility index (Phi) is 9.12. The van der Waals surface area contributed by atoms with Crippen LogP contribution in [0.3, 0.4) is 0 Å². The fourth-order valence-corrected chi connectivity index (χ4v) is 10.0.